The topological polar surface area (TPSA) is 132 Å². The number of aromatic amines is 1. The van der Waals surface area contributed by atoms with Gasteiger partial charge in [-0.2, -0.15) is 10.1 Å². The average Bonchev–Trinajstić information content (AvgIpc) is 3.35. The maximum atomic E-state index is 11.9. The first-order chi connectivity index (χ1) is 15.0. The van der Waals surface area contributed by atoms with E-state index in [4.69, 9.17) is 20.4 Å². The molecule has 10 heteroatoms. The van der Waals surface area contributed by atoms with Crippen molar-refractivity contribution in [1.82, 2.24) is 25.1 Å². The van der Waals surface area contributed by atoms with Crippen LogP contribution >= 0.6 is 11.3 Å². The molecule has 0 spiro atoms. The Morgan fingerprint density at radius 1 is 1.39 bits per heavy atom. The fourth-order valence-electron chi connectivity index (χ4n) is 4.44. The number of aryl methyl sites for hydroxylation is 1. The Kier molecular flexibility index (Phi) is 4.73. The van der Waals surface area contributed by atoms with E-state index < -0.39 is 0 Å². The maximum absolute atomic E-state index is 11.9. The molecule has 4 aromatic heterocycles. The molecule has 1 unspecified atom stereocenters. The fraction of sp³-hybridized carbons (Fsp3) is 0.381. The summed E-state index contributed by atoms with van der Waals surface area (Å²) in [4.78, 5) is 27.9. The van der Waals surface area contributed by atoms with Gasteiger partial charge in [0.15, 0.2) is 5.65 Å². The number of nitrogens with one attached hydrogen (secondary N) is 2. The van der Waals surface area contributed by atoms with Crippen molar-refractivity contribution in [3.8, 4) is 5.88 Å². The maximum Gasteiger partial charge on any atom is 0.239 e. The number of hydrogen-bond acceptors (Lipinski definition) is 8. The minimum absolute atomic E-state index is 0.135. The molecule has 2 atom stereocenters. The van der Waals surface area contributed by atoms with Crippen LogP contribution in [-0.2, 0) is 11.2 Å². The third-order valence-corrected chi connectivity index (χ3v) is 7.04. The molecule has 4 aromatic rings. The zero-order valence-corrected chi connectivity index (χ0v) is 18.3. The van der Waals surface area contributed by atoms with Crippen molar-refractivity contribution in [3.05, 3.63) is 28.5 Å². The second-order valence-corrected chi connectivity index (χ2v) is 8.94. The number of amides is 1. The molecule has 0 saturated heterocycles. The van der Waals surface area contributed by atoms with Crippen molar-refractivity contribution in [2.75, 3.05) is 12.4 Å². The van der Waals surface area contributed by atoms with Crippen molar-refractivity contribution in [2.45, 2.75) is 39.0 Å². The van der Waals surface area contributed by atoms with Crippen molar-refractivity contribution in [1.29, 1.82) is 0 Å². The number of nitrogens with zero attached hydrogens (tertiary/aromatic N) is 4. The molecule has 5 rings (SSSR count). The number of ether oxygens (including phenoxy) is 1. The van der Waals surface area contributed by atoms with Gasteiger partial charge in [-0.05, 0) is 43.7 Å². The van der Waals surface area contributed by atoms with Crippen LogP contribution in [-0.4, -0.2) is 38.2 Å². The second-order valence-electron chi connectivity index (χ2n) is 7.86. The summed E-state index contributed by atoms with van der Waals surface area (Å²) >= 11 is 1.63. The van der Waals surface area contributed by atoms with Crippen LogP contribution in [0.1, 0.15) is 41.9 Å². The molecule has 9 nitrogen and oxygen atoms in total. The molecule has 31 heavy (non-hydrogen) atoms. The lowest BCUT2D eigenvalue weighted by Crippen LogP contribution is -2.29. The highest BCUT2D eigenvalue weighted by molar-refractivity contribution is 7.19. The van der Waals surface area contributed by atoms with Gasteiger partial charge in [0.25, 0.3) is 0 Å². The number of hydrogen-bond donors (Lipinski definition) is 3. The molecule has 0 aromatic carbocycles. The van der Waals surface area contributed by atoms with Gasteiger partial charge in [0.2, 0.25) is 11.8 Å². The van der Waals surface area contributed by atoms with Crippen LogP contribution in [0.3, 0.4) is 0 Å². The molecule has 1 amide bonds. The number of anilines is 2. The van der Waals surface area contributed by atoms with E-state index in [1.807, 2.05) is 13.0 Å². The Labute approximate surface area is 182 Å². The van der Waals surface area contributed by atoms with E-state index in [1.165, 1.54) is 10.4 Å². The number of H-pyrrole nitrogens is 1. The lowest BCUT2D eigenvalue weighted by molar-refractivity contribution is -0.122. The lowest BCUT2D eigenvalue weighted by atomic mass is 9.78. The quantitative estimate of drug-likeness (QED) is 0.435. The summed E-state index contributed by atoms with van der Waals surface area (Å²) in [6.07, 6.45) is 4.05. The molecular formula is C21H23N7O2S. The van der Waals surface area contributed by atoms with Gasteiger partial charge < -0.3 is 15.8 Å². The van der Waals surface area contributed by atoms with Crippen LogP contribution < -0.4 is 15.8 Å². The largest absolute Gasteiger partial charge is 0.479 e. The molecular weight excluding hydrogens is 414 g/mol. The minimum Gasteiger partial charge on any atom is -0.479 e. The first-order valence-corrected chi connectivity index (χ1v) is 11.0. The van der Waals surface area contributed by atoms with E-state index in [9.17, 15) is 4.79 Å². The number of carbonyl (C=O) groups is 1. The van der Waals surface area contributed by atoms with Gasteiger partial charge in [0.05, 0.1) is 18.7 Å². The molecule has 4 heterocycles. The Morgan fingerprint density at radius 2 is 2.23 bits per heavy atom. The summed E-state index contributed by atoms with van der Waals surface area (Å²) in [6.45, 7) is 4.02. The summed E-state index contributed by atoms with van der Waals surface area (Å²) < 4.78 is 5.50. The van der Waals surface area contributed by atoms with Crippen molar-refractivity contribution in [3.63, 3.8) is 0 Å². The number of thiophene rings is 1. The molecule has 0 fully saturated rings. The fourth-order valence-corrected chi connectivity index (χ4v) is 5.82. The van der Waals surface area contributed by atoms with Gasteiger partial charge in [-0.1, -0.05) is 6.92 Å². The summed E-state index contributed by atoms with van der Waals surface area (Å²) in [5.74, 6) is 1.71. The number of methoxy groups -OCH3 is 1. The Balaban J connectivity index is 1.67. The predicted molar refractivity (Wildman–Crippen MR) is 120 cm³/mol. The average molecular weight is 438 g/mol. The van der Waals surface area contributed by atoms with E-state index in [-0.39, 0.29) is 17.7 Å². The summed E-state index contributed by atoms with van der Waals surface area (Å²) in [5.41, 5.74) is 8.25. The van der Waals surface area contributed by atoms with Crippen LogP contribution in [0.5, 0.6) is 5.88 Å². The zero-order valence-electron chi connectivity index (χ0n) is 17.5. The molecule has 0 radical (unpaired) electrons. The van der Waals surface area contributed by atoms with Gasteiger partial charge >= 0.3 is 0 Å². The van der Waals surface area contributed by atoms with Crippen molar-refractivity contribution < 1.29 is 9.53 Å². The number of nitrogens with two attached hydrogens (primary N) is 1. The van der Waals surface area contributed by atoms with Crippen LogP contribution in [0.2, 0.25) is 0 Å². The standard InChI is InChI=1S/C21H23N7O2S/c1-4-10-5-11(17(22)29)7-14-15(10)16-19(24-9(2)25-21(16)31-14)26-13-6-12-8-23-28-18(12)27-20(13)30-3/h6,8,10-11H,4-5,7H2,1-3H3,(H2,22,29)(H,23,27,28)(H,24,25,26)/t10?,11-/m0/s1. The second kappa shape index (κ2) is 7.45. The predicted octanol–water partition coefficient (Wildman–Crippen LogP) is 3.56. The molecule has 0 aliphatic heterocycles. The van der Waals surface area contributed by atoms with Crippen molar-refractivity contribution >= 4 is 50.0 Å². The number of primary amides is 1. The smallest absolute Gasteiger partial charge is 0.239 e. The molecule has 1 aliphatic rings. The van der Waals surface area contributed by atoms with Crippen LogP contribution in [0.15, 0.2) is 12.3 Å². The van der Waals surface area contributed by atoms with E-state index in [2.05, 4.69) is 27.4 Å². The first-order valence-electron chi connectivity index (χ1n) is 10.2. The van der Waals surface area contributed by atoms with E-state index >= 15 is 0 Å². The first kappa shape index (κ1) is 19.7. The Morgan fingerprint density at radius 3 is 2.97 bits per heavy atom. The third-order valence-electron chi connectivity index (χ3n) is 5.92. The number of aromatic nitrogens is 5. The molecule has 0 bridgehead atoms. The molecule has 4 N–H and O–H groups in total. The van der Waals surface area contributed by atoms with Crippen molar-refractivity contribution in [2.24, 2.45) is 11.7 Å². The highest BCUT2D eigenvalue weighted by Crippen LogP contribution is 2.47. The number of fused-ring (bicyclic) bond motifs is 4. The van der Waals surface area contributed by atoms with Gasteiger partial charge in [0.1, 0.15) is 22.2 Å². The van der Waals surface area contributed by atoms with Crippen LogP contribution in [0.4, 0.5) is 11.5 Å². The lowest BCUT2D eigenvalue weighted by Gasteiger charge is -2.27. The summed E-state index contributed by atoms with van der Waals surface area (Å²) in [5, 5.41) is 12.2. The van der Waals surface area contributed by atoms with Gasteiger partial charge in [0, 0.05) is 16.2 Å². The SMILES string of the molecule is CCC1C[C@H](C(N)=O)Cc2sc3nc(C)nc(Nc4cc5cn[nH]c5nc4OC)c3c21. The Bertz CT molecular complexity index is 1310. The van der Waals surface area contributed by atoms with Crippen LogP contribution in [0.25, 0.3) is 21.3 Å². The zero-order chi connectivity index (χ0) is 21.7. The minimum atomic E-state index is -0.230. The van der Waals surface area contributed by atoms with Gasteiger partial charge in [-0.3, -0.25) is 9.89 Å². The van der Waals surface area contributed by atoms with E-state index in [1.54, 1.807) is 24.6 Å². The van der Waals surface area contributed by atoms with Crippen LogP contribution in [0, 0.1) is 12.8 Å². The molecule has 0 saturated carbocycles. The van der Waals surface area contributed by atoms with E-state index in [0.717, 1.165) is 34.3 Å². The molecule has 160 valence electrons. The normalized spacial score (nSPS) is 18.3. The van der Waals surface area contributed by atoms with E-state index in [0.29, 0.717) is 29.5 Å². The van der Waals surface area contributed by atoms with Gasteiger partial charge in [-0.25, -0.2) is 9.97 Å². The Hall–Kier alpha value is -3.27. The van der Waals surface area contributed by atoms with Gasteiger partial charge in [-0.15, -0.1) is 11.3 Å². The summed E-state index contributed by atoms with van der Waals surface area (Å²) in [7, 11) is 1.58. The summed E-state index contributed by atoms with van der Waals surface area (Å²) in [6, 6.07) is 1.94. The number of carbonyl (C=O) groups excluding carboxylic acids is 1. The monoisotopic (exact) mass is 437 g/mol. The third kappa shape index (κ3) is 3.27. The highest BCUT2D eigenvalue weighted by atomic mass is 32.1. The number of rotatable bonds is 5. The number of pyridine rings is 1. The highest BCUT2D eigenvalue weighted by Gasteiger charge is 2.34. The molecule has 1 aliphatic carbocycles.